The van der Waals surface area contributed by atoms with Gasteiger partial charge in [0.15, 0.2) is 0 Å². The van der Waals surface area contributed by atoms with Crippen LogP contribution in [-0.2, 0) is 0 Å². The fourth-order valence-corrected chi connectivity index (χ4v) is 2.62. The average Bonchev–Trinajstić information content (AvgIpc) is 2.53. The number of hydrogen-bond acceptors (Lipinski definition) is 8. The van der Waals surface area contributed by atoms with Gasteiger partial charge in [0.1, 0.15) is 23.3 Å². The van der Waals surface area contributed by atoms with E-state index in [1.165, 1.54) is 30.3 Å². The van der Waals surface area contributed by atoms with Gasteiger partial charge in [0.05, 0.1) is 11.0 Å². The number of hydrogen-bond donors (Lipinski definition) is 3. The molecule has 0 radical (unpaired) electrons. The maximum absolute atomic E-state index is 11.0. The van der Waals surface area contributed by atoms with Gasteiger partial charge in [0, 0.05) is 23.8 Å². The Morgan fingerprint density at radius 2 is 2.04 bits per heavy atom. The van der Waals surface area contributed by atoms with Crippen molar-refractivity contribution in [3.8, 4) is 11.6 Å². The Morgan fingerprint density at radius 3 is 2.67 bits per heavy atom. The number of aliphatic hydroxyl groups is 1. The Bertz CT molecular complexity index is 778. The molecule has 1 aliphatic heterocycles. The van der Waals surface area contributed by atoms with Crippen molar-refractivity contribution in [1.82, 2.24) is 10.2 Å². The molecule has 2 aromatic rings. The smallest absolute Gasteiger partial charge is 0.270 e. The molecule has 9 heteroatoms. The van der Waals surface area contributed by atoms with Gasteiger partial charge in [-0.05, 0) is 26.0 Å². The number of nitrogens with one attached hydrogen (secondary N) is 1. The number of aromatic hydroxyl groups is 1. The number of aromatic nitrogens is 2. The number of nitro groups is 1. The summed E-state index contributed by atoms with van der Waals surface area (Å²) in [5.41, 5.74) is -0.565. The number of ether oxygens (including phenoxy) is 1. The van der Waals surface area contributed by atoms with Crippen molar-refractivity contribution in [2.45, 2.75) is 31.6 Å². The first kappa shape index (κ1) is 15.9. The van der Waals surface area contributed by atoms with Crippen LogP contribution in [0, 0.1) is 10.1 Å². The normalized spacial score (nSPS) is 21.5. The maximum Gasteiger partial charge on any atom is 0.270 e. The highest BCUT2D eigenvalue weighted by Gasteiger charge is 2.43. The molecular weight excluding hydrogens is 316 g/mol. The second-order valence-electron chi connectivity index (χ2n) is 6.03. The Morgan fingerprint density at radius 1 is 1.29 bits per heavy atom. The molecule has 2 heterocycles. The molecule has 24 heavy (non-hydrogen) atoms. The number of benzene rings is 1. The van der Waals surface area contributed by atoms with E-state index in [-0.39, 0.29) is 11.6 Å². The molecule has 3 rings (SSSR count). The third kappa shape index (κ3) is 2.81. The summed E-state index contributed by atoms with van der Waals surface area (Å²) in [6, 6.07) is 6.37. The van der Waals surface area contributed by atoms with Gasteiger partial charge in [-0.15, -0.1) is 10.2 Å². The Labute approximate surface area is 137 Å². The van der Waals surface area contributed by atoms with Crippen molar-refractivity contribution in [1.29, 1.82) is 0 Å². The number of aliphatic hydroxyl groups excluding tert-OH is 1. The lowest BCUT2D eigenvalue weighted by Gasteiger charge is -2.42. The molecule has 1 aliphatic rings. The highest BCUT2D eigenvalue weighted by molar-refractivity contribution is 5.51. The Hall–Kier alpha value is -2.94. The van der Waals surface area contributed by atoms with Crippen LogP contribution in [0.2, 0.25) is 0 Å². The van der Waals surface area contributed by atoms with Crippen molar-refractivity contribution in [2.75, 3.05) is 5.32 Å². The SMILES string of the molecule is CC1(C)Oc2ccc([N+](=O)[O-])cc2C(Nc2ccc(O)nn2)C1O. The number of nitro benzene ring substituents is 1. The molecule has 0 fully saturated rings. The summed E-state index contributed by atoms with van der Waals surface area (Å²) < 4.78 is 5.76. The number of rotatable bonds is 3. The van der Waals surface area contributed by atoms with Crippen molar-refractivity contribution in [2.24, 2.45) is 0 Å². The molecule has 0 aliphatic carbocycles. The van der Waals surface area contributed by atoms with E-state index < -0.39 is 22.7 Å². The summed E-state index contributed by atoms with van der Waals surface area (Å²) in [4.78, 5) is 10.5. The lowest BCUT2D eigenvalue weighted by molar-refractivity contribution is -0.385. The molecule has 2 unspecified atom stereocenters. The molecule has 0 saturated carbocycles. The minimum atomic E-state index is -0.998. The molecule has 1 aromatic heterocycles. The lowest BCUT2D eigenvalue weighted by Crippen LogP contribution is -2.50. The van der Waals surface area contributed by atoms with E-state index in [0.29, 0.717) is 17.1 Å². The van der Waals surface area contributed by atoms with E-state index >= 15 is 0 Å². The van der Waals surface area contributed by atoms with E-state index in [4.69, 9.17) is 4.74 Å². The minimum absolute atomic E-state index is 0.104. The molecule has 0 spiro atoms. The van der Waals surface area contributed by atoms with E-state index in [1.54, 1.807) is 13.8 Å². The highest BCUT2D eigenvalue weighted by atomic mass is 16.6. The van der Waals surface area contributed by atoms with Crippen LogP contribution in [0.4, 0.5) is 11.5 Å². The number of nitrogens with zero attached hydrogens (tertiary/aromatic N) is 3. The van der Waals surface area contributed by atoms with Crippen molar-refractivity contribution in [3.05, 3.63) is 46.0 Å². The zero-order valence-corrected chi connectivity index (χ0v) is 13.0. The summed E-state index contributed by atoms with van der Waals surface area (Å²) in [7, 11) is 0. The van der Waals surface area contributed by atoms with Crippen LogP contribution < -0.4 is 10.1 Å². The van der Waals surface area contributed by atoms with Crippen LogP contribution >= 0.6 is 0 Å². The van der Waals surface area contributed by atoms with Crippen LogP contribution in [0.1, 0.15) is 25.5 Å². The first-order chi connectivity index (χ1) is 11.3. The van der Waals surface area contributed by atoms with Crippen LogP contribution in [0.15, 0.2) is 30.3 Å². The molecule has 126 valence electrons. The summed E-state index contributed by atoms with van der Waals surface area (Å²) in [5.74, 6) is 0.525. The van der Waals surface area contributed by atoms with Gasteiger partial charge in [-0.1, -0.05) is 0 Å². The van der Waals surface area contributed by atoms with Gasteiger partial charge in [-0.3, -0.25) is 10.1 Å². The summed E-state index contributed by atoms with van der Waals surface area (Å²) in [5, 5.41) is 41.2. The predicted octanol–water partition coefficient (Wildman–Crippen LogP) is 1.78. The van der Waals surface area contributed by atoms with Gasteiger partial charge >= 0.3 is 0 Å². The molecule has 1 aromatic carbocycles. The second-order valence-corrected chi connectivity index (χ2v) is 6.03. The first-order valence-electron chi connectivity index (χ1n) is 7.22. The molecular formula is C15H16N4O5. The quantitative estimate of drug-likeness (QED) is 0.572. The average molecular weight is 332 g/mol. The van der Waals surface area contributed by atoms with Gasteiger partial charge in [0.2, 0.25) is 5.88 Å². The summed E-state index contributed by atoms with van der Waals surface area (Å²) in [6.07, 6.45) is -0.998. The minimum Gasteiger partial charge on any atom is -0.492 e. The van der Waals surface area contributed by atoms with Crippen molar-refractivity contribution < 1.29 is 19.9 Å². The van der Waals surface area contributed by atoms with Gasteiger partial charge < -0.3 is 20.3 Å². The second kappa shape index (κ2) is 5.60. The van der Waals surface area contributed by atoms with E-state index in [1.807, 2.05) is 0 Å². The van der Waals surface area contributed by atoms with Crippen molar-refractivity contribution >= 4 is 11.5 Å². The molecule has 0 saturated heterocycles. The highest BCUT2D eigenvalue weighted by Crippen LogP contribution is 2.42. The topological polar surface area (TPSA) is 131 Å². The Balaban J connectivity index is 2.04. The number of anilines is 1. The molecule has 0 bridgehead atoms. The first-order valence-corrected chi connectivity index (χ1v) is 7.22. The molecule has 2 atom stereocenters. The summed E-state index contributed by atoms with van der Waals surface area (Å²) >= 11 is 0. The zero-order valence-electron chi connectivity index (χ0n) is 13.0. The zero-order chi connectivity index (χ0) is 17.5. The van der Waals surface area contributed by atoms with E-state index in [9.17, 15) is 20.3 Å². The van der Waals surface area contributed by atoms with Crippen LogP contribution in [-0.4, -0.2) is 37.0 Å². The fourth-order valence-electron chi connectivity index (χ4n) is 2.62. The van der Waals surface area contributed by atoms with Gasteiger partial charge in [-0.2, -0.15) is 0 Å². The Kier molecular flexibility index (Phi) is 3.72. The third-order valence-electron chi connectivity index (χ3n) is 3.89. The predicted molar refractivity (Wildman–Crippen MR) is 83.9 cm³/mol. The number of non-ortho nitro benzene ring substituents is 1. The van der Waals surface area contributed by atoms with Crippen LogP contribution in [0.25, 0.3) is 0 Å². The molecule has 3 N–H and O–H groups in total. The monoisotopic (exact) mass is 332 g/mol. The van der Waals surface area contributed by atoms with E-state index in [2.05, 4.69) is 15.5 Å². The fraction of sp³-hybridized carbons (Fsp3) is 0.333. The van der Waals surface area contributed by atoms with Crippen molar-refractivity contribution in [3.63, 3.8) is 0 Å². The summed E-state index contributed by atoms with van der Waals surface area (Å²) in [6.45, 7) is 3.44. The largest absolute Gasteiger partial charge is 0.492 e. The lowest BCUT2D eigenvalue weighted by atomic mass is 9.86. The van der Waals surface area contributed by atoms with E-state index in [0.717, 1.165) is 0 Å². The molecule has 9 nitrogen and oxygen atoms in total. The number of fused-ring (bicyclic) bond motifs is 1. The standard InChI is InChI=1S/C15H16N4O5/c1-15(2)14(21)13(16-11-5-6-12(20)18-17-11)9-7-8(19(22)23)3-4-10(9)24-15/h3-7,13-14,21H,1-2H3,(H,16,17)(H,18,20). The maximum atomic E-state index is 11.0. The van der Waals surface area contributed by atoms with Gasteiger partial charge in [-0.25, -0.2) is 0 Å². The van der Waals surface area contributed by atoms with Gasteiger partial charge in [0.25, 0.3) is 5.69 Å². The third-order valence-corrected chi connectivity index (χ3v) is 3.89. The molecule has 0 amide bonds. The van der Waals surface area contributed by atoms with Crippen LogP contribution in [0.5, 0.6) is 11.6 Å². The van der Waals surface area contributed by atoms with Crippen LogP contribution in [0.3, 0.4) is 0 Å².